The first-order chi connectivity index (χ1) is 15.6. The number of aryl methyl sites for hydroxylation is 1. The van der Waals surface area contributed by atoms with E-state index in [4.69, 9.17) is 4.74 Å². The van der Waals surface area contributed by atoms with E-state index in [1.54, 1.807) is 12.1 Å². The largest absolute Gasteiger partial charge is 0.487 e. The third-order valence-corrected chi connectivity index (χ3v) is 5.46. The van der Waals surface area contributed by atoms with Gasteiger partial charge >= 0.3 is 6.18 Å². The quantitative estimate of drug-likeness (QED) is 0.500. The molecule has 174 valence electrons. The molecule has 0 aliphatic carbocycles. The van der Waals surface area contributed by atoms with Gasteiger partial charge < -0.3 is 9.64 Å². The number of carbonyl (C=O) groups excluding carboxylic acids is 1. The molecule has 33 heavy (non-hydrogen) atoms. The number of piperidine rings is 1. The number of rotatable bonds is 4. The molecule has 1 aliphatic heterocycles. The molecule has 0 N–H and O–H groups in total. The molecule has 10 heteroatoms. The maximum Gasteiger partial charge on any atom is 0.434 e. The number of hydrogen-bond acceptors (Lipinski definition) is 3. The van der Waals surface area contributed by atoms with Crippen LogP contribution < -0.4 is 4.74 Å². The van der Waals surface area contributed by atoms with Crippen molar-refractivity contribution in [2.24, 2.45) is 0 Å². The van der Waals surface area contributed by atoms with E-state index in [9.17, 15) is 26.7 Å². The van der Waals surface area contributed by atoms with Gasteiger partial charge in [-0.15, -0.1) is 0 Å². The van der Waals surface area contributed by atoms with Crippen LogP contribution in [0.15, 0.2) is 48.7 Å². The summed E-state index contributed by atoms with van der Waals surface area (Å²) in [6.45, 7) is 2.06. The molecular formula is C23H20F5N3O2. The van der Waals surface area contributed by atoms with Gasteiger partial charge in [0.15, 0.2) is 17.3 Å². The van der Waals surface area contributed by atoms with Gasteiger partial charge in [0.05, 0.1) is 17.4 Å². The lowest BCUT2D eigenvalue weighted by Crippen LogP contribution is -2.42. The number of alkyl halides is 3. The summed E-state index contributed by atoms with van der Waals surface area (Å²) < 4.78 is 74.8. The number of amides is 1. The SMILES string of the molecule is Cc1ccc(-n2ncc(C(=O)N3CCC(Oc4ccc(F)cc4F)CC3)c2C(F)(F)F)cc1. The lowest BCUT2D eigenvalue weighted by atomic mass is 10.1. The molecule has 4 rings (SSSR count). The number of halogens is 5. The average molecular weight is 465 g/mol. The fourth-order valence-electron chi connectivity index (χ4n) is 3.76. The van der Waals surface area contributed by atoms with Crippen molar-refractivity contribution in [2.45, 2.75) is 32.0 Å². The Morgan fingerprint density at radius 1 is 1.06 bits per heavy atom. The Balaban J connectivity index is 1.50. The molecular weight excluding hydrogens is 445 g/mol. The van der Waals surface area contributed by atoms with Crippen molar-refractivity contribution in [1.82, 2.24) is 14.7 Å². The molecule has 5 nitrogen and oxygen atoms in total. The van der Waals surface area contributed by atoms with Crippen molar-refractivity contribution >= 4 is 5.91 Å². The van der Waals surface area contributed by atoms with Gasteiger partial charge in [-0.2, -0.15) is 18.3 Å². The number of hydrogen-bond donors (Lipinski definition) is 0. The summed E-state index contributed by atoms with van der Waals surface area (Å²) in [4.78, 5) is 14.3. The van der Waals surface area contributed by atoms with Crippen molar-refractivity contribution in [3.63, 3.8) is 0 Å². The normalized spacial score (nSPS) is 15.0. The van der Waals surface area contributed by atoms with Gasteiger partial charge in [-0.1, -0.05) is 17.7 Å². The summed E-state index contributed by atoms with van der Waals surface area (Å²) >= 11 is 0. The molecule has 2 heterocycles. The van der Waals surface area contributed by atoms with E-state index in [0.717, 1.165) is 22.5 Å². The molecule has 3 aromatic rings. The van der Waals surface area contributed by atoms with Crippen molar-refractivity contribution in [3.05, 3.63) is 77.1 Å². The zero-order chi connectivity index (χ0) is 23.8. The van der Waals surface area contributed by atoms with Gasteiger partial charge in [-0.25, -0.2) is 13.5 Å². The van der Waals surface area contributed by atoms with Gasteiger partial charge in [0, 0.05) is 32.0 Å². The summed E-state index contributed by atoms with van der Waals surface area (Å²) in [7, 11) is 0. The van der Waals surface area contributed by atoms with E-state index < -0.39 is 41.1 Å². The van der Waals surface area contributed by atoms with Crippen molar-refractivity contribution in [2.75, 3.05) is 13.1 Å². The van der Waals surface area contributed by atoms with Crippen LogP contribution in [0.5, 0.6) is 5.75 Å². The maximum atomic E-state index is 13.9. The van der Waals surface area contributed by atoms with E-state index >= 15 is 0 Å². The van der Waals surface area contributed by atoms with Crippen LogP contribution in [0.4, 0.5) is 22.0 Å². The molecule has 0 radical (unpaired) electrons. The van der Waals surface area contributed by atoms with E-state index in [1.807, 2.05) is 6.92 Å². The molecule has 0 atom stereocenters. The Morgan fingerprint density at radius 3 is 2.33 bits per heavy atom. The Kier molecular flexibility index (Phi) is 6.09. The Morgan fingerprint density at radius 2 is 1.73 bits per heavy atom. The van der Waals surface area contributed by atoms with Gasteiger partial charge in [0.2, 0.25) is 0 Å². The second kappa shape index (κ2) is 8.84. The number of ether oxygens (including phenoxy) is 1. The molecule has 0 saturated carbocycles. The lowest BCUT2D eigenvalue weighted by Gasteiger charge is -2.32. The minimum Gasteiger partial charge on any atom is -0.487 e. The Bertz CT molecular complexity index is 1150. The van der Waals surface area contributed by atoms with Gasteiger partial charge in [-0.3, -0.25) is 4.79 Å². The molecule has 1 saturated heterocycles. The molecule has 0 unspecified atom stereocenters. The van der Waals surface area contributed by atoms with Crippen molar-refractivity contribution in [1.29, 1.82) is 0 Å². The van der Waals surface area contributed by atoms with Crippen LogP contribution in [0.2, 0.25) is 0 Å². The summed E-state index contributed by atoms with van der Waals surface area (Å²) in [5.41, 5.74) is -0.600. The topological polar surface area (TPSA) is 47.4 Å². The van der Waals surface area contributed by atoms with E-state index in [1.165, 1.54) is 23.1 Å². The molecule has 0 bridgehead atoms. The first kappa shape index (κ1) is 22.8. The zero-order valence-electron chi connectivity index (χ0n) is 17.6. The highest BCUT2D eigenvalue weighted by Crippen LogP contribution is 2.35. The monoisotopic (exact) mass is 465 g/mol. The highest BCUT2D eigenvalue weighted by Gasteiger charge is 2.42. The summed E-state index contributed by atoms with van der Waals surface area (Å²) in [6, 6.07) is 9.28. The van der Waals surface area contributed by atoms with E-state index in [0.29, 0.717) is 6.07 Å². The van der Waals surface area contributed by atoms with Crippen LogP contribution in [-0.2, 0) is 6.18 Å². The predicted molar refractivity (Wildman–Crippen MR) is 109 cm³/mol. The molecule has 1 amide bonds. The maximum absolute atomic E-state index is 13.9. The number of carbonyl (C=O) groups is 1. The van der Waals surface area contributed by atoms with Gasteiger partial charge in [-0.05, 0) is 31.2 Å². The first-order valence-corrected chi connectivity index (χ1v) is 10.3. The minimum absolute atomic E-state index is 0.111. The molecule has 0 spiro atoms. The Labute approximate surface area is 186 Å². The van der Waals surface area contributed by atoms with Crippen LogP contribution in [0.3, 0.4) is 0 Å². The number of aromatic nitrogens is 2. The summed E-state index contributed by atoms with van der Waals surface area (Å²) in [5, 5.41) is 3.84. The second-order valence-corrected chi connectivity index (χ2v) is 7.84. The zero-order valence-corrected chi connectivity index (χ0v) is 17.6. The smallest absolute Gasteiger partial charge is 0.434 e. The first-order valence-electron chi connectivity index (χ1n) is 10.3. The highest BCUT2D eigenvalue weighted by atomic mass is 19.4. The summed E-state index contributed by atoms with van der Waals surface area (Å²) in [5.74, 6) is -2.47. The molecule has 1 fully saturated rings. The number of nitrogens with zero attached hydrogens (tertiary/aromatic N) is 3. The number of benzene rings is 2. The third-order valence-electron chi connectivity index (χ3n) is 5.46. The third kappa shape index (κ3) is 4.84. The fourth-order valence-corrected chi connectivity index (χ4v) is 3.76. The van der Waals surface area contributed by atoms with Crippen LogP contribution in [0.25, 0.3) is 5.69 Å². The van der Waals surface area contributed by atoms with Crippen LogP contribution in [0, 0.1) is 18.6 Å². The Hall–Kier alpha value is -3.43. The van der Waals surface area contributed by atoms with E-state index in [-0.39, 0.29) is 37.4 Å². The average Bonchev–Trinajstić information content (AvgIpc) is 3.22. The fraction of sp³-hybridized carbons (Fsp3) is 0.304. The molecule has 2 aromatic carbocycles. The van der Waals surface area contributed by atoms with Gasteiger partial charge in [0.1, 0.15) is 11.9 Å². The molecule has 1 aromatic heterocycles. The predicted octanol–water partition coefficient (Wildman–Crippen LogP) is 5.16. The lowest BCUT2D eigenvalue weighted by molar-refractivity contribution is -0.143. The minimum atomic E-state index is -4.80. The van der Waals surface area contributed by atoms with Crippen LogP contribution in [0.1, 0.15) is 34.5 Å². The number of likely N-dealkylation sites (tertiary alicyclic amines) is 1. The highest BCUT2D eigenvalue weighted by molar-refractivity contribution is 5.95. The molecule has 1 aliphatic rings. The van der Waals surface area contributed by atoms with Crippen molar-refractivity contribution < 1.29 is 31.5 Å². The van der Waals surface area contributed by atoms with Crippen molar-refractivity contribution in [3.8, 4) is 11.4 Å². The van der Waals surface area contributed by atoms with Crippen LogP contribution >= 0.6 is 0 Å². The second-order valence-electron chi connectivity index (χ2n) is 7.84. The van der Waals surface area contributed by atoms with E-state index in [2.05, 4.69) is 5.10 Å². The van der Waals surface area contributed by atoms with Gasteiger partial charge in [0.25, 0.3) is 5.91 Å². The standard InChI is InChI=1S/C23H20F5N3O2/c1-14-2-5-16(6-3-14)31-21(23(26,27)28)18(13-29-31)22(32)30-10-8-17(9-11-30)33-20-7-4-15(24)12-19(20)25/h2-7,12-13,17H,8-11H2,1H3. The van der Waals surface area contributed by atoms with Crippen LogP contribution in [-0.4, -0.2) is 39.8 Å². The summed E-state index contributed by atoms with van der Waals surface area (Å²) in [6.07, 6.45) is -3.74.